The molecule has 23 heavy (non-hydrogen) atoms. The molecule has 0 aromatic rings. The molecule has 0 saturated heterocycles. The first-order valence-electron chi connectivity index (χ1n) is 7.85. The van der Waals surface area contributed by atoms with Gasteiger partial charge in [-0.3, -0.25) is 4.99 Å². The lowest BCUT2D eigenvalue weighted by Crippen LogP contribution is -2.43. The second-order valence-electron chi connectivity index (χ2n) is 6.73. The zero-order valence-corrected chi connectivity index (χ0v) is 16.1. The SMILES string of the molecule is CCNC(=NCC1(CS(C)(=O)=O)CC1)NC(C)CCS(C)(=O)=O. The molecule has 1 fully saturated rings. The monoisotopic (exact) mass is 367 g/mol. The van der Waals surface area contributed by atoms with Crippen molar-refractivity contribution in [2.45, 2.75) is 39.2 Å². The molecule has 1 aliphatic rings. The molecule has 0 aromatic carbocycles. The number of rotatable bonds is 9. The van der Waals surface area contributed by atoms with Crippen LogP contribution in [0.5, 0.6) is 0 Å². The number of aliphatic imine (C=N–C) groups is 1. The quantitative estimate of drug-likeness (QED) is 0.445. The molecular weight excluding hydrogens is 338 g/mol. The molecule has 0 spiro atoms. The van der Waals surface area contributed by atoms with E-state index in [1.54, 1.807) is 0 Å². The van der Waals surface area contributed by atoms with Crippen LogP contribution in [0.3, 0.4) is 0 Å². The average molecular weight is 368 g/mol. The minimum Gasteiger partial charge on any atom is -0.357 e. The molecule has 1 unspecified atom stereocenters. The maximum absolute atomic E-state index is 11.5. The third kappa shape index (κ3) is 9.14. The molecule has 2 N–H and O–H groups in total. The summed E-state index contributed by atoms with van der Waals surface area (Å²) in [6, 6.07) is -0.0346. The third-order valence-electron chi connectivity index (χ3n) is 3.75. The number of nitrogens with zero attached hydrogens (tertiary/aromatic N) is 1. The van der Waals surface area contributed by atoms with Crippen LogP contribution >= 0.6 is 0 Å². The van der Waals surface area contributed by atoms with Gasteiger partial charge in [0.2, 0.25) is 0 Å². The van der Waals surface area contributed by atoms with E-state index in [9.17, 15) is 16.8 Å². The van der Waals surface area contributed by atoms with Crippen molar-refractivity contribution in [3.63, 3.8) is 0 Å². The molecule has 1 aliphatic carbocycles. The molecule has 1 saturated carbocycles. The summed E-state index contributed by atoms with van der Waals surface area (Å²) in [5.41, 5.74) is -0.216. The lowest BCUT2D eigenvalue weighted by atomic mass is 10.1. The van der Waals surface area contributed by atoms with E-state index < -0.39 is 19.7 Å². The highest BCUT2D eigenvalue weighted by Crippen LogP contribution is 2.46. The van der Waals surface area contributed by atoms with Crippen molar-refractivity contribution >= 4 is 25.6 Å². The zero-order valence-electron chi connectivity index (χ0n) is 14.4. The fourth-order valence-corrected chi connectivity index (χ4v) is 4.62. The Balaban J connectivity index is 2.60. The summed E-state index contributed by atoms with van der Waals surface area (Å²) in [4.78, 5) is 4.50. The van der Waals surface area contributed by atoms with Crippen LogP contribution in [0, 0.1) is 5.41 Å². The van der Waals surface area contributed by atoms with Gasteiger partial charge in [-0.1, -0.05) is 0 Å². The Kier molecular flexibility index (Phi) is 6.88. The molecule has 0 heterocycles. The lowest BCUT2D eigenvalue weighted by molar-refractivity contribution is 0.547. The molecule has 0 aromatic heterocycles. The number of guanidine groups is 1. The maximum atomic E-state index is 11.5. The van der Waals surface area contributed by atoms with Gasteiger partial charge in [0.1, 0.15) is 19.7 Å². The van der Waals surface area contributed by atoms with Crippen LogP contribution in [-0.2, 0) is 19.7 Å². The van der Waals surface area contributed by atoms with Gasteiger partial charge in [-0.25, -0.2) is 16.8 Å². The molecule has 9 heteroatoms. The van der Waals surface area contributed by atoms with Gasteiger partial charge in [-0.15, -0.1) is 0 Å². The fourth-order valence-electron chi connectivity index (χ4n) is 2.34. The molecule has 136 valence electrons. The van der Waals surface area contributed by atoms with Crippen molar-refractivity contribution in [1.29, 1.82) is 0 Å². The molecule has 0 radical (unpaired) electrons. The predicted octanol–water partition coefficient (Wildman–Crippen LogP) is 0.190. The van der Waals surface area contributed by atoms with Gasteiger partial charge in [0.05, 0.1) is 11.5 Å². The Hall–Kier alpha value is -0.830. The average Bonchev–Trinajstić information content (AvgIpc) is 3.11. The topological polar surface area (TPSA) is 105 Å². The van der Waals surface area contributed by atoms with E-state index in [1.165, 1.54) is 12.5 Å². The van der Waals surface area contributed by atoms with Crippen molar-refractivity contribution in [2.24, 2.45) is 10.4 Å². The van der Waals surface area contributed by atoms with Crippen molar-refractivity contribution < 1.29 is 16.8 Å². The lowest BCUT2D eigenvalue weighted by Gasteiger charge is -2.19. The van der Waals surface area contributed by atoms with Crippen LogP contribution in [0.2, 0.25) is 0 Å². The summed E-state index contributed by atoms with van der Waals surface area (Å²) < 4.78 is 45.4. The van der Waals surface area contributed by atoms with Gasteiger partial charge < -0.3 is 10.6 Å². The number of hydrogen-bond acceptors (Lipinski definition) is 5. The number of nitrogens with one attached hydrogen (secondary N) is 2. The molecule has 0 amide bonds. The highest BCUT2D eigenvalue weighted by Gasteiger charge is 2.45. The fraction of sp³-hybridized carbons (Fsp3) is 0.929. The van der Waals surface area contributed by atoms with Crippen molar-refractivity contribution in [1.82, 2.24) is 10.6 Å². The van der Waals surface area contributed by atoms with Crippen LogP contribution < -0.4 is 10.6 Å². The Morgan fingerprint density at radius 2 is 1.78 bits per heavy atom. The Bertz CT molecular complexity index is 622. The van der Waals surface area contributed by atoms with E-state index >= 15 is 0 Å². The smallest absolute Gasteiger partial charge is 0.191 e. The summed E-state index contributed by atoms with van der Waals surface area (Å²) >= 11 is 0. The summed E-state index contributed by atoms with van der Waals surface area (Å²) in [5.74, 6) is 0.902. The van der Waals surface area contributed by atoms with Crippen LogP contribution in [0.15, 0.2) is 4.99 Å². The second kappa shape index (κ2) is 7.83. The van der Waals surface area contributed by atoms with E-state index in [0.717, 1.165) is 12.8 Å². The van der Waals surface area contributed by atoms with Gasteiger partial charge in [0.15, 0.2) is 5.96 Å². The van der Waals surface area contributed by atoms with E-state index in [1.807, 2.05) is 13.8 Å². The predicted molar refractivity (Wildman–Crippen MR) is 94.3 cm³/mol. The first-order chi connectivity index (χ1) is 10.4. The Morgan fingerprint density at radius 1 is 1.17 bits per heavy atom. The number of hydrogen-bond donors (Lipinski definition) is 2. The second-order valence-corrected chi connectivity index (χ2v) is 11.1. The van der Waals surface area contributed by atoms with Gasteiger partial charge in [-0.05, 0) is 33.1 Å². The molecular formula is C14H29N3O4S2. The highest BCUT2D eigenvalue weighted by molar-refractivity contribution is 7.90. The van der Waals surface area contributed by atoms with E-state index in [2.05, 4.69) is 15.6 Å². The molecule has 1 rings (SSSR count). The zero-order chi connectivity index (χ0) is 17.7. The van der Waals surface area contributed by atoms with Crippen molar-refractivity contribution in [3.05, 3.63) is 0 Å². The summed E-state index contributed by atoms with van der Waals surface area (Å²) in [6.07, 6.45) is 4.74. The van der Waals surface area contributed by atoms with Crippen LogP contribution in [0.4, 0.5) is 0 Å². The molecule has 0 bridgehead atoms. The molecule has 7 nitrogen and oxygen atoms in total. The molecule has 1 atom stereocenters. The first kappa shape index (κ1) is 20.2. The van der Waals surface area contributed by atoms with Crippen LogP contribution in [-0.4, -0.2) is 65.9 Å². The van der Waals surface area contributed by atoms with E-state index in [0.29, 0.717) is 25.5 Å². The Labute approximate surface area is 140 Å². The van der Waals surface area contributed by atoms with Crippen molar-refractivity contribution in [2.75, 3.05) is 37.1 Å². The number of sulfone groups is 2. The highest BCUT2D eigenvalue weighted by atomic mass is 32.2. The van der Waals surface area contributed by atoms with Crippen LogP contribution in [0.1, 0.15) is 33.1 Å². The summed E-state index contributed by atoms with van der Waals surface area (Å²) in [5, 5.41) is 6.29. The summed E-state index contributed by atoms with van der Waals surface area (Å²) in [6.45, 7) is 5.00. The minimum atomic E-state index is -3.00. The van der Waals surface area contributed by atoms with Gasteiger partial charge >= 0.3 is 0 Å². The standard InChI is InChI=1S/C14H29N3O4S2/c1-5-15-13(17-12(2)6-9-22(3,18)19)16-10-14(7-8-14)11-23(4,20)21/h12H,5-11H2,1-4H3,(H2,15,16,17). The van der Waals surface area contributed by atoms with Gasteiger partial charge in [-0.2, -0.15) is 0 Å². The normalized spacial score (nSPS) is 19.2. The van der Waals surface area contributed by atoms with E-state index in [-0.39, 0.29) is 23.0 Å². The van der Waals surface area contributed by atoms with Gasteiger partial charge in [0.25, 0.3) is 0 Å². The van der Waals surface area contributed by atoms with E-state index in [4.69, 9.17) is 0 Å². The minimum absolute atomic E-state index is 0.0346. The third-order valence-corrected chi connectivity index (χ3v) is 5.86. The largest absolute Gasteiger partial charge is 0.357 e. The van der Waals surface area contributed by atoms with Crippen molar-refractivity contribution in [3.8, 4) is 0 Å². The first-order valence-corrected chi connectivity index (χ1v) is 12.0. The maximum Gasteiger partial charge on any atom is 0.191 e. The molecule has 0 aliphatic heterocycles. The van der Waals surface area contributed by atoms with Gasteiger partial charge in [0, 0.05) is 37.1 Å². The summed E-state index contributed by atoms with van der Waals surface area (Å²) in [7, 11) is -5.98. The Morgan fingerprint density at radius 3 is 2.22 bits per heavy atom. The van der Waals surface area contributed by atoms with Crippen LogP contribution in [0.25, 0.3) is 0 Å².